The predicted octanol–water partition coefficient (Wildman–Crippen LogP) is 4.34. The lowest BCUT2D eigenvalue weighted by atomic mass is 9.96. The van der Waals surface area contributed by atoms with Crippen LogP contribution in [-0.2, 0) is 6.61 Å². The normalized spacial score (nSPS) is 10.8. The van der Waals surface area contributed by atoms with Crippen molar-refractivity contribution in [2.24, 2.45) is 0 Å². The van der Waals surface area contributed by atoms with Crippen molar-refractivity contribution in [1.29, 1.82) is 0 Å². The topological polar surface area (TPSA) is 79.7 Å². The summed E-state index contributed by atoms with van der Waals surface area (Å²) in [6.45, 7) is -0.0603. The summed E-state index contributed by atoms with van der Waals surface area (Å²) >= 11 is 0. The molecule has 1 heterocycles. The van der Waals surface area contributed by atoms with Crippen LogP contribution in [0.3, 0.4) is 0 Å². The molecular weight excluding hydrogens is 366 g/mol. The third-order valence-corrected chi connectivity index (χ3v) is 4.79. The van der Waals surface area contributed by atoms with E-state index in [1.807, 2.05) is 30.3 Å². The molecule has 4 aromatic rings. The molecule has 0 unspecified atom stereocenters. The van der Waals surface area contributed by atoms with E-state index in [2.05, 4.69) is 4.98 Å². The molecule has 144 valence electrons. The molecule has 0 aliphatic carbocycles. The van der Waals surface area contributed by atoms with E-state index >= 15 is 0 Å². The first-order valence-corrected chi connectivity index (χ1v) is 9.12. The molecule has 0 spiro atoms. The van der Waals surface area contributed by atoms with Crippen LogP contribution in [0.25, 0.3) is 22.0 Å². The lowest BCUT2D eigenvalue weighted by Gasteiger charge is -2.12. The Morgan fingerprint density at radius 2 is 1.76 bits per heavy atom. The van der Waals surface area contributed by atoms with Crippen molar-refractivity contribution < 1.29 is 19.7 Å². The second-order valence-corrected chi connectivity index (χ2v) is 6.68. The summed E-state index contributed by atoms with van der Waals surface area (Å²) in [5, 5.41) is 20.0. The van der Waals surface area contributed by atoms with E-state index in [9.17, 15) is 15.0 Å². The van der Waals surface area contributed by atoms with Gasteiger partial charge in [-0.25, -0.2) is 4.98 Å². The minimum absolute atomic E-state index is 0.0459. The molecule has 5 nitrogen and oxygen atoms in total. The molecule has 5 heteroatoms. The number of benzene rings is 3. The average Bonchev–Trinajstić information content (AvgIpc) is 2.77. The van der Waals surface area contributed by atoms with E-state index in [0.29, 0.717) is 22.5 Å². The molecule has 0 aliphatic heterocycles. The predicted molar refractivity (Wildman–Crippen MR) is 111 cm³/mol. The summed E-state index contributed by atoms with van der Waals surface area (Å²) < 4.78 is 5.35. The zero-order valence-corrected chi connectivity index (χ0v) is 15.8. The summed E-state index contributed by atoms with van der Waals surface area (Å²) in [5.74, 6) is 0.326. The maximum absolute atomic E-state index is 12.9. The summed E-state index contributed by atoms with van der Waals surface area (Å²) in [5.41, 5.74) is 4.14. The third kappa shape index (κ3) is 3.68. The maximum Gasteiger partial charge on any atom is 0.214 e. The Morgan fingerprint density at radius 3 is 2.52 bits per heavy atom. The Balaban J connectivity index is 1.90. The molecule has 29 heavy (non-hydrogen) atoms. The van der Waals surface area contributed by atoms with Gasteiger partial charge in [0.2, 0.25) is 5.88 Å². The fourth-order valence-corrected chi connectivity index (χ4v) is 3.34. The quantitative estimate of drug-likeness (QED) is 0.500. The number of aromatic nitrogens is 1. The average molecular weight is 385 g/mol. The Hall–Kier alpha value is -3.70. The fraction of sp³-hybridized carbons (Fsp3) is 0.0833. The number of carbonyl (C=O) groups is 1. The van der Waals surface area contributed by atoms with Crippen molar-refractivity contribution in [3.05, 3.63) is 89.5 Å². The zero-order chi connectivity index (χ0) is 20.4. The van der Waals surface area contributed by atoms with Gasteiger partial charge >= 0.3 is 0 Å². The Labute approximate surface area is 167 Å². The highest BCUT2D eigenvalue weighted by Crippen LogP contribution is 2.32. The fourth-order valence-electron chi connectivity index (χ4n) is 3.34. The monoisotopic (exact) mass is 385 g/mol. The Kier molecular flexibility index (Phi) is 4.97. The lowest BCUT2D eigenvalue weighted by Crippen LogP contribution is -2.01. The van der Waals surface area contributed by atoms with Crippen molar-refractivity contribution >= 4 is 16.7 Å². The molecule has 0 aliphatic rings. The second-order valence-electron chi connectivity index (χ2n) is 6.68. The number of ether oxygens (including phenoxy) is 1. The van der Waals surface area contributed by atoms with Crippen molar-refractivity contribution in [1.82, 2.24) is 4.98 Å². The van der Waals surface area contributed by atoms with E-state index in [0.717, 1.165) is 22.1 Å². The number of rotatable bonds is 5. The Bertz CT molecular complexity index is 1220. The van der Waals surface area contributed by atoms with E-state index in [1.165, 1.54) is 12.1 Å². The number of aliphatic hydroxyl groups excluding tert-OH is 1. The van der Waals surface area contributed by atoms with Gasteiger partial charge in [-0.2, -0.15) is 0 Å². The van der Waals surface area contributed by atoms with Crippen LogP contribution >= 0.6 is 0 Å². The highest BCUT2D eigenvalue weighted by molar-refractivity contribution is 6.11. The molecule has 0 saturated heterocycles. The van der Waals surface area contributed by atoms with Gasteiger partial charge in [0.1, 0.15) is 5.75 Å². The van der Waals surface area contributed by atoms with Crippen LogP contribution in [0.15, 0.2) is 72.8 Å². The summed E-state index contributed by atoms with van der Waals surface area (Å²) in [6, 6.07) is 21.0. The number of ketones is 1. The first-order chi connectivity index (χ1) is 14.1. The molecule has 2 N–H and O–H groups in total. The SMILES string of the molecule is COc1cc(-c2cccc(CO)c2)c2cc(C(=O)c3cccc(O)c3)ccc2n1. The van der Waals surface area contributed by atoms with E-state index in [-0.39, 0.29) is 18.1 Å². The van der Waals surface area contributed by atoms with Gasteiger partial charge < -0.3 is 14.9 Å². The highest BCUT2D eigenvalue weighted by atomic mass is 16.5. The standard InChI is InChI=1S/C24H19NO4/c1-29-23-13-20(16-5-2-4-15(10-16)14-26)21-12-18(8-9-22(21)25-23)24(28)17-6-3-7-19(27)11-17/h2-13,26-27H,14H2,1H3. The molecule has 3 aromatic carbocycles. The summed E-state index contributed by atoms with van der Waals surface area (Å²) in [6.07, 6.45) is 0. The number of aliphatic hydroxyl groups is 1. The zero-order valence-electron chi connectivity index (χ0n) is 15.8. The van der Waals surface area contributed by atoms with Crippen LogP contribution in [0.1, 0.15) is 21.5 Å². The highest BCUT2D eigenvalue weighted by Gasteiger charge is 2.14. The number of hydrogen-bond donors (Lipinski definition) is 2. The van der Waals surface area contributed by atoms with Gasteiger partial charge in [0.25, 0.3) is 0 Å². The number of phenolic OH excluding ortho intramolecular Hbond substituents is 1. The number of carbonyl (C=O) groups excluding carboxylic acids is 1. The van der Waals surface area contributed by atoms with Crippen LogP contribution < -0.4 is 4.74 Å². The number of fused-ring (bicyclic) bond motifs is 1. The maximum atomic E-state index is 12.9. The van der Waals surface area contributed by atoms with Crippen molar-refractivity contribution in [2.45, 2.75) is 6.61 Å². The van der Waals surface area contributed by atoms with Gasteiger partial charge in [-0.05, 0) is 53.1 Å². The molecule has 0 fully saturated rings. The van der Waals surface area contributed by atoms with Crippen LogP contribution in [0.4, 0.5) is 0 Å². The number of hydrogen-bond acceptors (Lipinski definition) is 5. The molecule has 0 saturated carbocycles. The van der Waals surface area contributed by atoms with E-state index in [4.69, 9.17) is 4.74 Å². The van der Waals surface area contributed by atoms with Crippen molar-refractivity contribution in [2.75, 3.05) is 7.11 Å². The minimum Gasteiger partial charge on any atom is -0.508 e. The molecule has 1 aromatic heterocycles. The van der Waals surface area contributed by atoms with E-state index in [1.54, 1.807) is 37.4 Å². The summed E-state index contributed by atoms with van der Waals surface area (Å²) in [7, 11) is 1.56. The number of pyridine rings is 1. The molecule has 4 rings (SSSR count). The number of methoxy groups -OCH3 is 1. The Morgan fingerprint density at radius 1 is 0.966 bits per heavy atom. The number of phenols is 1. The van der Waals surface area contributed by atoms with Gasteiger partial charge in [0.15, 0.2) is 5.78 Å². The summed E-state index contributed by atoms with van der Waals surface area (Å²) in [4.78, 5) is 17.4. The molecule has 0 bridgehead atoms. The van der Waals surface area contributed by atoms with Crippen molar-refractivity contribution in [3.8, 4) is 22.8 Å². The van der Waals surface area contributed by atoms with Gasteiger partial charge in [-0.3, -0.25) is 4.79 Å². The lowest BCUT2D eigenvalue weighted by molar-refractivity contribution is 0.103. The van der Waals surface area contributed by atoms with E-state index < -0.39 is 0 Å². The van der Waals surface area contributed by atoms with Gasteiger partial charge in [-0.15, -0.1) is 0 Å². The molecular formula is C24H19NO4. The third-order valence-electron chi connectivity index (χ3n) is 4.79. The smallest absolute Gasteiger partial charge is 0.214 e. The molecule has 0 radical (unpaired) electrons. The number of nitrogens with zero attached hydrogens (tertiary/aromatic N) is 1. The first-order valence-electron chi connectivity index (χ1n) is 9.12. The van der Waals surface area contributed by atoms with Crippen molar-refractivity contribution in [3.63, 3.8) is 0 Å². The van der Waals surface area contributed by atoms with Crippen LogP contribution in [0.5, 0.6) is 11.6 Å². The van der Waals surface area contributed by atoms with Crippen LogP contribution in [-0.4, -0.2) is 28.1 Å². The number of aromatic hydroxyl groups is 1. The minimum atomic E-state index is -0.186. The van der Waals surface area contributed by atoms with Gasteiger partial charge in [0, 0.05) is 22.6 Å². The van der Waals surface area contributed by atoms with Crippen LogP contribution in [0.2, 0.25) is 0 Å². The second kappa shape index (κ2) is 7.73. The van der Waals surface area contributed by atoms with Gasteiger partial charge in [0.05, 0.1) is 19.2 Å². The largest absolute Gasteiger partial charge is 0.508 e. The molecule has 0 amide bonds. The van der Waals surface area contributed by atoms with Crippen LogP contribution in [0, 0.1) is 0 Å². The molecule has 0 atom stereocenters. The first kappa shape index (κ1) is 18.7. The van der Waals surface area contributed by atoms with Gasteiger partial charge in [-0.1, -0.05) is 30.3 Å².